The van der Waals surface area contributed by atoms with Crippen molar-refractivity contribution < 1.29 is 4.42 Å². The van der Waals surface area contributed by atoms with Gasteiger partial charge in [0.2, 0.25) is 0 Å². The summed E-state index contributed by atoms with van der Waals surface area (Å²) in [7, 11) is 0. The molecule has 3 aliphatic heterocycles. The van der Waals surface area contributed by atoms with Crippen LogP contribution in [0.15, 0.2) is 156 Å². The van der Waals surface area contributed by atoms with Crippen LogP contribution < -0.4 is 26.4 Å². The number of aromatic nitrogens is 1. The fourth-order valence-corrected chi connectivity index (χ4v) is 12.7. The molecule has 8 aromatic carbocycles. The monoisotopic (exact) mass is 855 g/mol. The lowest BCUT2D eigenvalue weighted by Crippen LogP contribution is -2.61. The zero-order valence-electron chi connectivity index (χ0n) is 37.7. The van der Waals surface area contributed by atoms with Gasteiger partial charge >= 0.3 is 0 Å². The van der Waals surface area contributed by atoms with Crippen molar-refractivity contribution in [3.63, 3.8) is 0 Å². The van der Waals surface area contributed by atoms with Crippen LogP contribution in [0.4, 0.5) is 34.1 Å². The molecule has 4 nitrogen and oxygen atoms in total. The lowest BCUT2D eigenvalue weighted by molar-refractivity contribution is 0.590. The maximum atomic E-state index is 7.39. The summed E-state index contributed by atoms with van der Waals surface area (Å²) in [5, 5.41) is 6.30. The molecule has 14 rings (SSSR count). The van der Waals surface area contributed by atoms with Gasteiger partial charge in [0, 0.05) is 43.0 Å². The van der Waals surface area contributed by atoms with Gasteiger partial charge in [-0.3, -0.25) is 0 Å². The smallest absolute Gasteiger partial charge is 0.297 e. The van der Waals surface area contributed by atoms with Crippen molar-refractivity contribution in [1.29, 1.82) is 0 Å². The third kappa shape index (κ3) is 4.98. The van der Waals surface area contributed by atoms with Gasteiger partial charge in [0.25, 0.3) is 6.71 Å². The van der Waals surface area contributed by atoms with Crippen LogP contribution in [0.5, 0.6) is 0 Å². The van der Waals surface area contributed by atoms with Gasteiger partial charge in [0.05, 0.1) is 49.8 Å². The number of thiophene rings is 1. The largest absolute Gasteiger partial charge is 0.468 e. The quantitative estimate of drug-likeness (QED) is 0.162. The summed E-state index contributed by atoms with van der Waals surface area (Å²) in [4.78, 5) is 5.20. The number of anilines is 6. The first-order valence-corrected chi connectivity index (χ1v) is 23.8. The third-order valence-electron chi connectivity index (χ3n) is 14.6. The van der Waals surface area contributed by atoms with Gasteiger partial charge in [-0.15, -0.1) is 11.3 Å². The molecule has 0 amide bonds. The third-order valence-corrected chi connectivity index (χ3v) is 15.8. The van der Waals surface area contributed by atoms with E-state index < -0.39 is 0 Å². The summed E-state index contributed by atoms with van der Waals surface area (Å²) in [5.41, 5.74) is 21.5. The van der Waals surface area contributed by atoms with Crippen LogP contribution in [0.3, 0.4) is 0 Å². The SMILES string of the molecule is Cc1cc2c3c(c1)N1c4c(cccc4-n4c5ccc(C(C)(C)C)cc5c5cc(C(C)(C)C)cc1c54)B3c1oc3ccc(-c4ccccc4)cc3c1N2c1cccc2c1sc1ccccc12. The van der Waals surface area contributed by atoms with Gasteiger partial charge in [-0.2, -0.15) is 0 Å². The van der Waals surface area contributed by atoms with Crippen molar-refractivity contribution in [3.8, 4) is 16.8 Å². The molecule has 0 unspecified atom stereocenters. The number of nitrogens with zero attached hydrogens (tertiary/aromatic N) is 3. The Morgan fingerprint density at radius 2 is 1.22 bits per heavy atom. The Morgan fingerprint density at radius 3 is 2.02 bits per heavy atom. The Labute approximate surface area is 383 Å². The molecule has 0 aliphatic carbocycles. The lowest BCUT2D eigenvalue weighted by Gasteiger charge is -2.45. The molecule has 0 fully saturated rings. The van der Waals surface area contributed by atoms with Crippen molar-refractivity contribution in [1.82, 2.24) is 4.57 Å². The summed E-state index contributed by atoms with van der Waals surface area (Å²) in [6.45, 7) is 16.1. The highest BCUT2D eigenvalue weighted by Crippen LogP contribution is 2.55. The molecule has 11 aromatic rings. The van der Waals surface area contributed by atoms with Crippen LogP contribution in [0.2, 0.25) is 0 Å². The van der Waals surface area contributed by atoms with Gasteiger partial charge in [-0.1, -0.05) is 126 Å². The Morgan fingerprint density at radius 1 is 0.508 bits per heavy atom. The molecule has 0 saturated carbocycles. The molecule has 0 spiro atoms. The van der Waals surface area contributed by atoms with Gasteiger partial charge < -0.3 is 18.8 Å². The summed E-state index contributed by atoms with van der Waals surface area (Å²) in [6.07, 6.45) is 0. The molecule has 65 heavy (non-hydrogen) atoms. The average Bonchev–Trinajstić information content (AvgIpc) is 3.98. The van der Waals surface area contributed by atoms with Crippen molar-refractivity contribution >= 4 is 122 Å². The fourth-order valence-electron chi connectivity index (χ4n) is 11.5. The molecule has 3 aromatic heterocycles. The van der Waals surface area contributed by atoms with Crippen molar-refractivity contribution in [2.24, 2.45) is 0 Å². The second kappa shape index (κ2) is 12.6. The Bertz CT molecular complexity index is 3890. The number of furan rings is 1. The molecule has 6 heteroatoms. The standard InChI is InChI=1S/C59H46BN3OS/c1-33-27-47-52-48(28-33)63-49-32-37(59(5,6)7)31-41-40-30-36(58(2,3)4)24-25-44(40)61(53(41)49)45-20-14-19-43(55(45)63)60(52)57-54(42-29-35(23-26-50(42)64-57)34-15-9-8-10-16-34)62(47)46-21-13-18-39-38-17-11-12-22-51(38)65-56(39)46/h8-32H,1-7H3. The number of hydrogen-bond donors (Lipinski definition) is 0. The van der Waals surface area contributed by atoms with Crippen LogP contribution in [0, 0.1) is 6.92 Å². The molecular formula is C59H46BN3OS. The van der Waals surface area contributed by atoms with E-state index >= 15 is 0 Å². The highest BCUT2D eigenvalue weighted by Gasteiger charge is 2.49. The van der Waals surface area contributed by atoms with Gasteiger partial charge in [0.1, 0.15) is 5.58 Å². The number of aryl methyl sites for hydroxylation is 1. The highest BCUT2D eigenvalue weighted by atomic mass is 32.1. The summed E-state index contributed by atoms with van der Waals surface area (Å²) < 4.78 is 12.5. The van der Waals surface area contributed by atoms with Gasteiger partial charge in [0.15, 0.2) is 0 Å². The van der Waals surface area contributed by atoms with E-state index in [1.165, 1.54) is 115 Å². The van der Waals surface area contributed by atoms with Crippen molar-refractivity contribution in [2.45, 2.75) is 59.3 Å². The van der Waals surface area contributed by atoms with E-state index in [9.17, 15) is 0 Å². The number of rotatable bonds is 2. The van der Waals surface area contributed by atoms with Crippen molar-refractivity contribution in [2.75, 3.05) is 9.80 Å². The predicted octanol–water partition coefficient (Wildman–Crippen LogP) is 14.9. The summed E-state index contributed by atoms with van der Waals surface area (Å²) in [5.74, 6) is 0. The first-order valence-electron chi connectivity index (χ1n) is 23.0. The highest BCUT2D eigenvalue weighted by molar-refractivity contribution is 7.26. The van der Waals surface area contributed by atoms with E-state index in [2.05, 4.69) is 214 Å². The first-order chi connectivity index (χ1) is 31.4. The number of fused-ring (bicyclic) bond motifs is 14. The van der Waals surface area contributed by atoms with E-state index in [-0.39, 0.29) is 17.5 Å². The molecule has 6 heterocycles. The molecule has 312 valence electrons. The average molecular weight is 856 g/mol. The molecule has 0 radical (unpaired) electrons. The van der Waals surface area contributed by atoms with Crippen LogP contribution in [0.1, 0.15) is 58.2 Å². The fraction of sp³-hybridized carbons (Fsp3) is 0.153. The Kier molecular flexibility index (Phi) is 7.25. The van der Waals surface area contributed by atoms with Gasteiger partial charge in [-0.25, -0.2) is 0 Å². The Balaban J connectivity index is 1.13. The normalized spacial score (nSPS) is 14.0. The van der Waals surface area contributed by atoms with E-state index in [4.69, 9.17) is 4.42 Å². The van der Waals surface area contributed by atoms with Crippen LogP contribution >= 0.6 is 11.3 Å². The number of benzene rings is 8. The lowest BCUT2D eigenvalue weighted by atomic mass is 9.35. The predicted molar refractivity (Wildman–Crippen MR) is 279 cm³/mol. The van der Waals surface area contributed by atoms with E-state index in [0.29, 0.717) is 0 Å². The van der Waals surface area contributed by atoms with Crippen LogP contribution in [-0.2, 0) is 10.8 Å². The van der Waals surface area contributed by atoms with Crippen LogP contribution in [0.25, 0.3) is 69.8 Å². The van der Waals surface area contributed by atoms with Crippen molar-refractivity contribution in [3.05, 3.63) is 168 Å². The molecule has 0 atom stereocenters. The molecule has 0 saturated heterocycles. The number of hydrogen-bond acceptors (Lipinski definition) is 4. The van der Waals surface area contributed by atoms with E-state index in [1.54, 1.807) is 0 Å². The maximum Gasteiger partial charge on any atom is 0.297 e. The van der Waals surface area contributed by atoms with Crippen LogP contribution in [-0.4, -0.2) is 11.3 Å². The second-order valence-corrected chi connectivity index (χ2v) is 21.7. The second-order valence-electron chi connectivity index (χ2n) is 20.6. The molecule has 3 aliphatic rings. The maximum absolute atomic E-state index is 7.39. The minimum absolute atomic E-state index is 0.0147. The zero-order chi connectivity index (χ0) is 43.8. The molecule has 0 bridgehead atoms. The van der Waals surface area contributed by atoms with E-state index in [0.717, 1.165) is 22.3 Å². The Hall–Kier alpha value is -7.02. The summed E-state index contributed by atoms with van der Waals surface area (Å²) >= 11 is 1.88. The minimum atomic E-state index is -0.149. The zero-order valence-corrected chi connectivity index (χ0v) is 38.5. The van der Waals surface area contributed by atoms with Gasteiger partial charge in [-0.05, 0) is 123 Å². The topological polar surface area (TPSA) is 24.6 Å². The molecule has 0 N–H and O–H groups in total. The molecular weight excluding hydrogens is 810 g/mol. The van der Waals surface area contributed by atoms with E-state index in [1.807, 2.05) is 11.3 Å². The minimum Gasteiger partial charge on any atom is -0.468 e. The summed E-state index contributed by atoms with van der Waals surface area (Å²) in [6, 6.07) is 57.3. The first kappa shape index (κ1) is 37.4. The number of para-hydroxylation sites is 1.